The standard InChI is InChI=1S/C19H26N4O2S2.C14H15N3O3.C5H13NS2/c1-13-11-23(4)16(22-13)18(25)20-10-14-7-6-8-15(9-14)17(24)21-12-19(2,3)27-26-5;1-9-8-17(2)12(16-9)13(18)15-7-10-4-3-5-11(6-10)14(19)20;1-5(2,4-6)8-7-3/h6-9,11H,10,12H2,1-5H3,(H,20,25)(H,21,24);3-6,8H,7H2,1-2H3,(H,15,18)(H,19,20);4,6H2,1-3H3. The molecular formula is C38H54N8O5S4. The Balaban J connectivity index is 0.000000326. The maximum absolute atomic E-state index is 12.4. The molecule has 0 saturated carbocycles. The monoisotopic (exact) mass is 830 g/mol. The number of carboxylic acids is 1. The number of imidazole rings is 2. The number of carboxylic acid groups (broad SMARTS) is 1. The second-order valence-corrected chi connectivity index (χ2v) is 19.8. The van der Waals surface area contributed by atoms with Crippen molar-refractivity contribution in [2.45, 2.75) is 64.1 Å². The Morgan fingerprint density at radius 3 is 1.53 bits per heavy atom. The Hall–Kier alpha value is -3.90. The van der Waals surface area contributed by atoms with E-state index in [1.54, 1.807) is 92.3 Å². The van der Waals surface area contributed by atoms with E-state index in [1.165, 1.54) is 12.1 Å². The second kappa shape index (κ2) is 22.6. The van der Waals surface area contributed by atoms with Crippen LogP contribution in [0.25, 0.3) is 0 Å². The Labute approximate surface area is 340 Å². The van der Waals surface area contributed by atoms with Crippen LogP contribution in [0.2, 0.25) is 0 Å². The number of amides is 3. The first kappa shape index (κ1) is 47.3. The van der Waals surface area contributed by atoms with E-state index in [4.69, 9.17) is 10.8 Å². The lowest BCUT2D eigenvalue weighted by molar-refractivity contribution is 0.0696. The molecule has 0 atom stereocenters. The molecule has 3 amide bonds. The zero-order valence-corrected chi connectivity index (χ0v) is 36.4. The van der Waals surface area contributed by atoms with Crippen molar-refractivity contribution in [3.05, 3.63) is 106 Å². The fraction of sp³-hybridized carbons (Fsp3) is 0.421. The van der Waals surface area contributed by atoms with Gasteiger partial charge in [-0.25, -0.2) is 14.8 Å². The zero-order valence-electron chi connectivity index (χ0n) is 33.2. The fourth-order valence-electron chi connectivity index (χ4n) is 4.72. The highest BCUT2D eigenvalue weighted by atomic mass is 33.1. The van der Waals surface area contributed by atoms with E-state index in [9.17, 15) is 19.2 Å². The van der Waals surface area contributed by atoms with Crippen molar-refractivity contribution in [3.8, 4) is 0 Å². The van der Waals surface area contributed by atoms with E-state index in [0.29, 0.717) is 30.3 Å². The van der Waals surface area contributed by atoms with Crippen molar-refractivity contribution in [2.75, 3.05) is 25.6 Å². The van der Waals surface area contributed by atoms with Crippen molar-refractivity contribution < 1.29 is 24.3 Å². The molecule has 2 aromatic heterocycles. The molecule has 0 saturated heterocycles. The SMILES string of the molecule is CSSC(C)(C)CN.CSSC(C)(C)CNC(=O)c1cccc(CNC(=O)c2nc(C)cn2C)c1.Cc1cn(C)c(C(=O)NCc2cccc(C(=O)O)c2)n1. The van der Waals surface area contributed by atoms with Crippen LogP contribution >= 0.6 is 43.2 Å². The summed E-state index contributed by atoms with van der Waals surface area (Å²) in [5.41, 5.74) is 9.39. The first-order chi connectivity index (χ1) is 25.8. The van der Waals surface area contributed by atoms with Gasteiger partial charge < -0.3 is 35.9 Å². The van der Waals surface area contributed by atoms with Gasteiger partial charge in [-0.05, 0) is 89.4 Å². The number of rotatable bonds is 15. The van der Waals surface area contributed by atoms with Gasteiger partial charge in [0.05, 0.1) is 17.0 Å². The van der Waals surface area contributed by atoms with E-state index >= 15 is 0 Å². The largest absolute Gasteiger partial charge is 0.478 e. The molecule has 13 nitrogen and oxygen atoms in total. The van der Waals surface area contributed by atoms with E-state index in [0.717, 1.165) is 29.1 Å². The number of aromatic carboxylic acids is 1. The molecule has 4 aromatic rings. The number of hydrogen-bond acceptors (Lipinski definition) is 11. The highest BCUT2D eigenvalue weighted by Crippen LogP contribution is 2.33. The number of nitrogens with two attached hydrogens (primary N) is 1. The maximum atomic E-state index is 12.4. The average molecular weight is 831 g/mol. The molecule has 6 N–H and O–H groups in total. The molecule has 0 bridgehead atoms. The lowest BCUT2D eigenvalue weighted by Crippen LogP contribution is -2.35. The molecule has 0 aliphatic heterocycles. The number of carbonyl (C=O) groups excluding carboxylic acids is 3. The summed E-state index contributed by atoms with van der Waals surface area (Å²) < 4.78 is 3.56. The molecule has 0 aliphatic rings. The minimum Gasteiger partial charge on any atom is -0.478 e. The topological polar surface area (TPSA) is 186 Å². The van der Waals surface area contributed by atoms with Crippen LogP contribution < -0.4 is 21.7 Å². The molecule has 2 heterocycles. The van der Waals surface area contributed by atoms with E-state index in [2.05, 4.69) is 59.9 Å². The summed E-state index contributed by atoms with van der Waals surface area (Å²) in [5, 5.41) is 17.5. The summed E-state index contributed by atoms with van der Waals surface area (Å²) in [6, 6.07) is 13.7. The summed E-state index contributed by atoms with van der Waals surface area (Å²) in [5.74, 6) is -0.931. The highest BCUT2D eigenvalue weighted by molar-refractivity contribution is 8.77. The second-order valence-electron chi connectivity index (χ2n) is 13.6. The van der Waals surface area contributed by atoms with Crippen LogP contribution in [-0.2, 0) is 27.2 Å². The van der Waals surface area contributed by atoms with E-state index < -0.39 is 5.97 Å². The van der Waals surface area contributed by atoms with Gasteiger partial charge in [0.15, 0.2) is 11.6 Å². The third-order valence-corrected chi connectivity index (χ3v) is 12.7. The summed E-state index contributed by atoms with van der Waals surface area (Å²) in [6.07, 6.45) is 7.66. The van der Waals surface area contributed by atoms with Gasteiger partial charge in [0, 0.05) is 67.7 Å². The summed E-state index contributed by atoms with van der Waals surface area (Å²) >= 11 is 0. The molecule has 0 aliphatic carbocycles. The summed E-state index contributed by atoms with van der Waals surface area (Å²) in [6.45, 7) is 14.1. The van der Waals surface area contributed by atoms with Crippen LogP contribution in [0.4, 0.5) is 0 Å². The highest BCUT2D eigenvalue weighted by Gasteiger charge is 2.20. The number of benzene rings is 2. The lowest BCUT2D eigenvalue weighted by Gasteiger charge is -2.22. The van der Waals surface area contributed by atoms with Gasteiger partial charge in [0.25, 0.3) is 17.7 Å². The van der Waals surface area contributed by atoms with Gasteiger partial charge in [0.1, 0.15) is 0 Å². The van der Waals surface area contributed by atoms with Crippen molar-refractivity contribution in [2.24, 2.45) is 19.8 Å². The van der Waals surface area contributed by atoms with Crippen molar-refractivity contribution in [1.29, 1.82) is 0 Å². The molecule has 17 heteroatoms. The minimum absolute atomic E-state index is 0.0408. The molecule has 2 aromatic carbocycles. The Morgan fingerprint density at radius 1 is 0.709 bits per heavy atom. The van der Waals surface area contributed by atoms with Gasteiger partial charge in [0.2, 0.25) is 0 Å². The van der Waals surface area contributed by atoms with Crippen molar-refractivity contribution in [3.63, 3.8) is 0 Å². The normalized spacial score (nSPS) is 11.0. The predicted molar refractivity (Wildman–Crippen MR) is 230 cm³/mol. The minimum atomic E-state index is -0.988. The first-order valence-electron chi connectivity index (χ1n) is 17.2. The summed E-state index contributed by atoms with van der Waals surface area (Å²) in [7, 11) is 10.6. The van der Waals surface area contributed by atoms with Crippen molar-refractivity contribution in [1.82, 2.24) is 35.1 Å². The first-order valence-corrected chi connectivity index (χ1v) is 22.3. The number of aromatic nitrogens is 4. The van der Waals surface area contributed by atoms with Crippen LogP contribution in [0.1, 0.15) is 92.2 Å². The number of hydrogen-bond donors (Lipinski definition) is 5. The molecule has 0 unspecified atom stereocenters. The molecular weight excluding hydrogens is 777 g/mol. The van der Waals surface area contributed by atoms with Gasteiger partial charge in [-0.3, -0.25) is 14.4 Å². The number of nitrogens with zero attached hydrogens (tertiary/aromatic N) is 4. The average Bonchev–Trinajstić information content (AvgIpc) is 3.67. The quantitative estimate of drug-likeness (QED) is 0.0848. The van der Waals surface area contributed by atoms with Crippen LogP contribution in [0, 0.1) is 13.8 Å². The third-order valence-electron chi connectivity index (χ3n) is 7.45. The van der Waals surface area contributed by atoms with E-state index in [-0.39, 0.29) is 39.3 Å². The molecule has 0 radical (unpaired) electrons. The van der Waals surface area contributed by atoms with Crippen molar-refractivity contribution >= 4 is 66.9 Å². The molecule has 0 fully saturated rings. The predicted octanol–water partition coefficient (Wildman–Crippen LogP) is 6.27. The van der Waals surface area contributed by atoms with E-state index in [1.807, 2.05) is 43.0 Å². The Kier molecular flexibility index (Phi) is 19.4. The zero-order chi connectivity index (χ0) is 41.3. The molecule has 0 spiro atoms. The number of aryl methyl sites for hydroxylation is 4. The Morgan fingerprint density at radius 2 is 1.15 bits per heavy atom. The van der Waals surface area contributed by atoms with Crippen LogP contribution in [0.15, 0.2) is 60.9 Å². The third kappa shape index (κ3) is 16.8. The lowest BCUT2D eigenvalue weighted by atomic mass is 10.1. The number of carbonyl (C=O) groups is 4. The van der Waals surface area contributed by atoms with Crippen LogP contribution in [-0.4, -0.2) is 83.0 Å². The van der Waals surface area contributed by atoms with Gasteiger partial charge in [-0.2, -0.15) is 0 Å². The van der Waals surface area contributed by atoms with Gasteiger partial charge in [-0.15, -0.1) is 0 Å². The van der Waals surface area contributed by atoms with Crippen LogP contribution in [0.5, 0.6) is 0 Å². The Bertz CT molecular complexity index is 1890. The smallest absolute Gasteiger partial charge is 0.335 e. The fourth-order valence-corrected chi connectivity index (χ4v) is 8.91. The summed E-state index contributed by atoms with van der Waals surface area (Å²) in [4.78, 5) is 55.9. The molecule has 55 heavy (non-hydrogen) atoms. The van der Waals surface area contributed by atoms with Gasteiger partial charge >= 0.3 is 5.97 Å². The number of nitrogens with one attached hydrogen (secondary N) is 3. The molecule has 300 valence electrons. The van der Waals surface area contributed by atoms with Crippen LogP contribution in [0.3, 0.4) is 0 Å². The molecule has 4 rings (SSSR count). The van der Waals surface area contributed by atoms with Gasteiger partial charge in [-0.1, -0.05) is 67.4 Å². The maximum Gasteiger partial charge on any atom is 0.335 e.